The molecule has 0 spiro atoms. The van der Waals surface area contributed by atoms with E-state index in [1.807, 2.05) is 86.6 Å². The number of ether oxygens (including phenoxy) is 4. The molecule has 0 radical (unpaired) electrons. The van der Waals surface area contributed by atoms with Crippen LogP contribution in [0.5, 0.6) is 11.5 Å². The molecule has 5 heteroatoms. The van der Waals surface area contributed by atoms with Gasteiger partial charge in [-0.3, -0.25) is 0 Å². The van der Waals surface area contributed by atoms with E-state index in [2.05, 4.69) is 135 Å². The van der Waals surface area contributed by atoms with Crippen molar-refractivity contribution in [2.24, 2.45) is 23.7 Å². The monoisotopic (exact) mass is 921 g/mol. The Morgan fingerprint density at radius 3 is 1.10 bits per heavy atom. The number of benzene rings is 6. The summed E-state index contributed by atoms with van der Waals surface area (Å²) in [4.78, 5) is 10.6. The molecule has 0 saturated heterocycles. The zero-order chi connectivity index (χ0) is 50.1. The molecule has 5 aliphatic rings. The first-order chi connectivity index (χ1) is 33.2. The van der Waals surface area contributed by atoms with Crippen LogP contribution in [0.2, 0.25) is 0 Å². The highest BCUT2D eigenvalue weighted by atomic mass is 16.7. The predicted molar refractivity (Wildman–Crippen MR) is 288 cm³/mol. The highest BCUT2D eigenvalue weighted by Gasteiger charge is 2.46. The smallest absolute Gasteiger partial charge is 0.468 e. The van der Waals surface area contributed by atoms with Crippen molar-refractivity contribution in [2.45, 2.75) is 127 Å². The average molecular weight is 921 g/mol. The normalized spacial score (nSPS) is 17.5. The van der Waals surface area contributed by atoms with Crippen LogP contribution < -0.4 is 9.47 Å². The third kappa shape index (κ3) is 15.2. The van der Waals surface area contributed by atoms with Crippen LogP contribution in [0.25, 0.3) is 11.1 Å². The molecule has 4 fully saturated rings. The Hall–Kier alpha value is -5.65. The highest BCUT2D eigenvalue weighted by molar-refractivity contribution is 5.86. The summed E-state index contributed by atoms with van der Waals surface area (Å²) in [5.74, 6) is 6.01. The van der Waals surface area contributed by atoms with Crippen LogP contribution in [0.4, 0.5) is 4.79 Å². The molecule has 11 rings (SSSR count). The van der Waals surface area contributed by atoms with Crippen molar-refractivity contribution >= 4 is 6.16 Å². The number of hydrogen-bond acceptors (Lipinski definition) is 5. The Morgan fingerprint density at radius 1 is 0.441 bits per heavy atom. The number of rotatable bonds is 6. The van der Waals surface area contributed by atoms with E-state index < -0.39 is 6.16 Å². The van der Waals surface area contributed by atoms with Gasteiger partial charge in [-0.15, -0.1) is 0 Å². The van der Waals surface area contributed by atoms with Crippen LogP contribution in [0.15, 0.2) is 146 Å². The summed E-state index contributed by atoms with van der Waals surface area (Å²) in [6.45, 7) is 24.5. The van der Waals surface area contributed by atoms with E-state index in [4.69, 9.17) is 14.2 Å². The first kappa shape index (κ1) is 56.7. The van der Waals surface area contributed by atoms with E-state index in [-0.39, 0.29) is 12.2 Å². The maximum absolute atomic E-state index is 10.6. The molecule has 0 unspecified atom stereocenters. The zero-order valence-electron chi connectivity index (χ0n) is 44.2. The van der Waals surface area contributed by atoms with E-state index in [0.717, 1.165) is 11.3 Å². The van der Waals surface area contributed by atoms with Gasteiger partial charge in [-0.2, -0.15) is 0 Å². The molecular weight excluding hydrogens is 837 g/mol. The number of fused-ring (bicyclic) bond motifs is 3. The van der Waals surface area contributed by atoms with Gasteiger partial charge in [-0.25, -0.2) is 4.79 Å². The van der Waals surface area contributed by atoms with Crippen LogP contribution in [0.1, 0.15) is 138 Å². The van der Waals surface area contributed by atoms with E-state index in [1.165, 1.54) is 80.9 Å². The molecule has 6 aromatic carbocycles. The summed E-state index contributed by atoms with van der Waals surface area (Å²) in [6.07, 6.45) is 8.93. The minimum Gasteiger partial charge on any atom is -0.468 e. The number of carbonyl (C=O) groups excluding carboxylic acids is 1. The summed E-state index contributed by atoms with van der Waals surface area (Å²) < 4.78 is 19.8. The lowest BCUT2D eigenvalue weighted by molar-refractivity contribution is 0.0198. The van der Waals surface area contributed by atoms with Crippen molar-refractivity contribution in [3.05, 3.63) is 190 Å². The Kier molecular flexibility index (Phi) is 25.0. The molecule has 5 aliphatic carbocycles. The molecule has 5 nitrogen and oxygen atoms in total. The summed E-state index contributed by atoms with van der Waals surface area (Å²) in [6, 6.07) is 50.6. The van der Waals surface area contributed by atoms with Gasteiger partial charge in [0.05, 0.1) is 12.5 Å². The van der Waals surface area contributed by atoms with Crippen molar-refractivity contribution in [3.8, 4) is 22.6 Å². The van der Waals surface area contributed by atoms with Gasteiger partial charge in [-0.1, -0.05) is 199 Å². The molecular formula is C63H84O5. The molecule has 0 N–H and O–H groups in total. The first-order valence-electron chi connectivity index (χ1n) is 25.5. The second-order valence-corrected chi connectivity index (χ2v) is 17.2. The SMILES string of the molecule is C1C2CC3CC1CC(C2)C3.CC.CC.CC.CC.COC(=O)Oc1ccc(C)cc1.COCOc1ccc(C2(c3ccc(C)cc3)c3ccccc3-c3ccccc32)cc1.Cc1ccc(C)cc1. The Morgan fingerprint density at radius 2 is 0.750 bits per heavy atom. The largest absolute Gasteiger partial charge is 0.513 e. The van der Waals surface area contributed by atoms with Crippen molar-refractivity contribution in [1.82, 2.24) is 0 Å². The van der Waals surface area contributed by atoms with Crippen LogP contribution in [-0.2, 0) is 14.9 Å². The van der Waals surface area contributed by atoms with Gasteiger partial charge in [0.2, 0.25) is 0 Å². The summed E-state index contributed by atoms with van der Waals surface area (Å²) in [5.41, 5.74) is 12.4. The fourth-order valence-corrected chi connectivity index (χ4v) is 10.1. The van der Waals surface area contributed by atoms with E-state index in [9.17, 15) is 4.79 Å². The summed E-state index contributed by atoms with van der Waals surface area (Å²) in [5, 5.41) is 0. The van der Waals surface area contributed by atoms with Gasteiger partial charge >= 0.3 is 6.16 Å². The Labute approximate surface area is 412 Å². The molecule has 0 heterocycles. The lowest BCUT2D eigenvalue weighted by Gasteiger charge is -2.49. The van der Waals surface area contributed by atoms with Crippen molar-refractivity contribution in [2.75, 3.05) is 21.0 Å². The van der Waals surface area contributed by atoms with Crippen molar-refractivity contribution in [3.63, 3.8) is 0 Å². The number of aryl methyl sites for hydroxylation is 4. The van der Waals surface area contributed by atoms with Gasteiger partial charge in [0.15, 0.2) is 6.79 Å². The third-order valence-corrected chi connectivity index (χ3v) is 12.7. The first-order valence-corrected chi connectivity index (χ1v) is 25.5. The maximum Gasteiger partial charge on any atom is 0.513 e. The summed E-state index contributed by atoms with van der Waals surface area (Å²) in [7, 11) is 2.91. The van der Waals surface area contributed by atoms with E-state index >= 15 is 0 Å². The van der Waals surface area contributed by atoms with E-state index in [1.54, 1.807) is 57.8 Å². The van der Waals surface area contributed by atoms with Gasteiger partial charge in [0.1, 0.15) is 11.5 Å². The highest BCUT2D eigenvalue weighted by Crippen LogP contribution is 2.56. The minimum atomic E-state index is -0.696. The molecule has 0 aromatic heterocycles. The fraction of sp³-hybridized carbons (Fsp3) is 0.413. The Balaban J connectivity index is 0.000000264. The molecule has 68 heavy (non-hydrogen) atoms. The molecule has 0 amide bonds. The van der Waals surface area contributed by atoms with Crippen LogP contribution in [0.3, 0.4) is 0 Å². The lowest BCUT2D eigenvalue weighted by atomic mass is 9.56. The zero-order valence-corrected chi connectivity index (χ0v) is 44.2. The minimum absolute atomic E-state index is 0.244. The Bertz CT molecular complexity index is 2170. The average Bonchev–Trinajstić information content (AvgIpc) is 3.69. The fourth-order valence-electron chi connectivity index (χ4n) is 10.1. The van der Waals surface area contributed by atoms with Gasteiger partial charge in [0.25, 0.3) is 0 Å². The van der Waals surface area contributed by atoms with Crippen LogP contribution in [0, 0.1) is 51.4 Å². The van der Waals surface area contributed by atoms with Gasteiger partial charge in [0, 0.05) is 7.11 Å². The quantitative estimate of drug-likeness (QED) is 0.0945. The number of hydrogen-bond donors (Lipinski definition) is 0. The molecule has 0 atom stereocenters. The second kappa shape index (κ2) is 30.0. The van der Waals surface area contributed by atoms with Crippen LogP contribution in [-0.4, -0.2) is 27.2 Å². The van der Waals surface area contributed by atoms with Crippen molar-refractivity contribution in [1.29, 1.82) is 0 Å². The number of carbonyl (C=O) groups is 1. The molecule has 6 aromatic rings. The molecule has 0 aliphatic heterocycles. The van der Waals surface area contributed by atoms with Crippen LogP contribution >= 0.6 is 0 Å². The number of methoxy groups -OCH3 is 2. The summed E-state index contributed by atoms with van der Waals surface area (Å²) >= 11 is 0. The molecule has 4 saturated carbocycles. The third-order valence-electron chi connectivity index (χ3n) is 12.7. The van der Waals surface area contributed by atoms with E-state index in [0.29, 0.717) is 5.75 Å². The van der Waals surface area contributed by atoms with Gasteiger partial charge < -0.3 is 18.9 Å². The second-order valence-electron chi connectivity index (χ2n) is 17.2. The maximum atomic E-state index is 10.6. The molecule has 4 bridgehead atoms. The van der Waals surface area contributed by atoms with Gasteiger partial charge in [-0.05, 0) is 148 Å². The van der Waals surface area contributed by atoms with Crippen molar-refractivity contribution < 1.29 is 23.7 Å². The predicted octanol–water partition coefficient (Wildman–Crippen LogP) is 17.7. The topological polar surface area (TPSA) is 54.0 Å². The lowest BCUT2D eigenvalue weighted by Crippen LogP contribution is -2.38. The standard InChI is InChI=1S/C28H24O2.C10H16.C9H10O3.C8H10.4C2H6/c1-20-11-13-21(14-12-20)28(22-15-17-23(18-16-22)30-19-29-2)26-9-5-3-7-24(26)25-8-4-6-10-27(25)28;1-7-2-9-4-8(1)5-10(3-7)6-9;1-7-3-5-8(6-4-7)12-9(10)11-2;1-7-3-5-8(2)6-4-7;4*1-2/h3-18H,19H2,1-2H3;7-10H,1-6H2;3-6H,1-2H3;3-6H,1-2H3;4*1-2H3. The molecule has 366 valence electrons.